The first-order valence-electron chi connectivity index (χ1n) is 13.5. The fraction of sp³-hybridized carbons (Fsp3) is 0.188. The van der Waals surface area contributed by atoms with E-state index in [9.17, 15) is 18.0 Å². The Kier molecular flexibility index (Phi) is 8.85. The van der Waals surface area contributed by atoms with Gasteiger partial charge in [-0.15, -0.1) is 0 Å². The number of amides is 2. The fourth-order valence-corrected chi connectivity index (χ4v) is 5.91. The van der Waals surface area contributed by atoms with E-state index in [1.54, 1.807) is 24.3 Å². The second-order valence-electron chi connectivity index (χ2n) is 9.69. The smallest absolute Gasteiger partial charge is 0.263 e. The van der Waals surface area contributed by atoms with Crippen LogP contribution in [0.3, 0.4) is 0 Å². The Morgan fingerprint density at radius 1 is 0.905 bits per heavy atom. The number of carbonyl (C=O) groups excluding carboxylic acids is 2. The van der Waals surface area contributed by atoms with E-state index in [1.807, 2.05) is 60.7 Å². The fourth-order valence-electron chi connectivity index (χ4n) is 4.69. The maximum atomic E-state index is 13.9. The zero-order valence-electron chi connectivity index (χ0n) is 23.0. The minimum absolute atomic E-state index is 0.0556. The summed E-state index contributed by atoms with van der Waals surface area (Å²) >= 11 is 0. The quantitative estimate of drug-likeness (QED) is 0.292. The molecule has 10 heteroatoms. The van der Waals surface area contributed by atoms with E-state index >= 15 is 0 Å². The molecule has 0 fully saturated rings. The highest BCUT2D eigenvalue weighted by Gasteiger charge is 2.35. The number of nitrogens with zero attached hydrogens (tertiary/aromatic N) is 1. The number of anilines is 1. The molecule has 1 heterocycles. The minimum atomic E-state index is -4.01. The van der Waals surface area contributed by atoms with Crippen LogP contribution in [0.4, 0.5) is 5.69 Å². The van der Waals surface area contributed by atoms with Crippen LogP contribution in [0.2, 0.25) is 0 Å². The zero-order chi connectivity index (χ0) is 29.5. The molecule has 0 aliphatic carbocycles. The van der Waals surface area contributed by atoms with Gasteiger partial charge in [-0.2, -0.15) is 0 Å². The average Bonchev–Trinajstić information content (AvgIpc) is 3.03. The highest BCUT2D eigenvalue weighted by Crippen LogP contribution is 2.35. The lowest BCUT2D eigenvalue weighted by atomic mass is 10.1. The van der Waals surface area contributed by atoms with Crippen molar-refractivity contribution in [2.45, 2.75) is 24.0 Å². The van der Waals surface area contributed by atoms with Gasteiger partial charge in [-0.3, -0.25) is 9.59 Å². The summed E-state index contributed by atoms with van der Waals surface area (Å²) in [5.41, 5.74) is 2.53. The van der Waals surface area contributed by atoms with E-state index in [1.165, 1.54) is 30.2 Å². The van der Waals surface area contributed by atoms with Gasteiger partial charge in [0.2, 0.25) is 10.0 Å². The summed E-state index contributed by atoms with van der Waals surface area (Å²) < 4.78 is 40.5. The second kappa shape index (κ2) is 12.9. The predicted octanol–water partition coefficient (Wildman–Crippen LogP) is 3.94. The molecule has 0 spiro atoms. The number of sulfonamides is 1. The van der Waals surface area contributed by atoms with Crippen LogP contribution in [-0.2, 0) is 27.8 Å². The molecule has 0 bridgehead atoms. The number of hydrogen-bond donors (Lipinski definition) is 2. The molecular weight excluding hydrogens is 554 g/mol. The molecule has 0 radical (unpaired) electrons. The van der Waals surface area contributed by atoms with Gasteiger partial charge >= 0.3 is 0 Å². The van der Waals surface area contributed by atoms with Crippen LogP contribution in [0.1, 0.15) is 21.5 Å². The van der Waals surface area contributed by atoms with Gasteiger partial charge in [0.05, 0.1) is 19.3 Å². The number of benzene rings is 4. The number of nitrogens with one attached hydrogen (secondary N) is 2. The summed E-state index contributed by atoms with van der Waals surface area (Å²) in [7, 11) is -2.64. The van der Waals surface area contributed by atoms with Crippen LogP contribution in [0.25, 0.3) is 0 Å². The molecule has 4 aromatic rings. The number of hydrogen-bond acceptors (Lipinski definition) is 6. The van der Waals surface area contributed by atoms with Gasteiger partial charge in [0, 0.05) is 18.7 Å². The molecule has 0 saturated heterocycles. The minimum Gasteiger partial charge on any atom is -0.495 e. The van der Waals surface area contributed by atoms with Crippen molar-refractivity contribution in [3.05, 3.63) is 120 Å². The van der Waals surface area contributed by atoms with Crippen molar-refractivity contribution >= 4 is 27.5 Å². The van der Waals surface area contributed by atoms with Crippen LogP contribution in [0, 0.1) is 0 Å². The lowest BCUT2D eigenvalue weighted by molar-refractivity contribution is -0.128. The topological polar surface area (TPSA) is 114 Å². The van der Waals surface area contributed by atoms with E-state index in [-0.39, 0.29) is 35.2 Å². The average molecular weight is 586 g/mol. The van der Waals surface area contributed by atoms with Crippen molar-refractivity contribution in [3.8, 4) is 11.5 Å². The Hall–Kier alpha value is -4.67. The molecule has 5 rings (SSSR count). The van der Waals surface area contributed by atoms with Gasteiger partial charge in [-0.1, -0.05) is 72.8 Å². The molecule has 0 saturated carbocycles. The van der Waals surface area contributed by atoms with E-state index in [4.69, 9.17) is 9.47 Å². The van der Waals surface area contributed by atoms with Crippen molar-refractivity contribution in [2.75, 3.05) is 25.1 Å². The normalized spacial score (nSPS) is 14.4. The van der Waals surface area contributed by atoms with Crippen molar-refractivity contribution in [3.63, 3.8) is 0 Å². The van der Waals surface area contributed by atoms with E-state index in [0.29, 0.717) is 24.4 Å². The lowest BCUT2D eigenvalue weighted by Gasteiger charge is -2.34. The van der Waals surface area contributed by atoms with Gasteiger partial charge in [0.15, 0.2) is 6.10 Å². The molecule has 1 aliphatic rings. The number of para-hydroxylation sites is 2. The van der Waals surface area contributed by atoms with Crippen LogP contribution in [0.5, 0.6) is 11.5 Å². The van der Waals surface area contributed by atoms with Crippen LogP contribution >= 0.6 is 0 Å². The summed E-state index contributed by atoms with van der Waals surface area (Å²) in [6, 6.07) is 30.2. The summed E-state index contributed by atoms with van der Waals surface area (Å²) in [4.78, 5) is 28.2. The SMILES string of the molecule is COc1ccc(C(=O)N2C[C@@H](C(=O)NCc3ccccc3)Oc3ccccc32)cc1S(=O)(=O)NCCc1ccccc1. The number of rotatable bonds is 10. The predicted molar refractivity (Wildman–Crippen MR) is 159 cm³/mol. The third kappa shape index (κ3) is 6.62. The molecule has 2 amide bonds. The van der Waals surface area contributed by atoms with E-state index in [0.717, 1.165) is 11.1 Å². The summed E-state index contributed by atoms with van der Waals surface area (Å²) in [5.74, 6) is -0.359. The number of fused-ring (bicyclic) bond motifs is 1. The first-order valence-corrected chi connectivity index (χ1v) is 14.9. The van der Waals surface area contributed by atoms with E-state index < -0.39 is 22.0 Å². The standard InChI is InChI=1S/C32H31N3O6S/c1-40-28-17-16-25(20-30(28)42(38,39)34-19-18-23-10-4-2-5-11-23)32(37)35-22-29(41-27-15-9-8-14-26(27)35)31(36)33-21-24-12-6-3-7-13-24/h2-17,20,29,34H,18-19,21-22H2,1H3,(H,33,36)/t29-/m0/s1. The molecule has 4 aromatic carbocycles. The Bertz CT molecular complexity index is 1660. The lowest BCUT2D eigenvalue weighted by Crippen LogP contribution is -2.50. The third-order valence-corrected chi connectivity index (χ3v) is 8.35. The molecule has 9 nitrogen and oxygen atoms in total. The van der Waals surface area contributed by atoms with Gasteiger partial charge < -0.3 is 19.7 Å². The van der Waals surface area contributed by atoms with Gasteiger partial charge in [-0.05, 0) is 47.9 Å². The maximum absolute atomic E-state index is 13.9. The van der Waals surface area contributed by atoms with Crippen molar-refractivity contribution < 1.29 is 27.5 Å². The van der Waals surface area contributed by atoms with Crippen molar-refractivity contribution in [1.29, 1.82) is 0 Å². The maximum Gasteiger partial charge on any atom is 0.263 e. The van der Waals surface area contributed by atoms with Gasteiger partial charge in [0.1, 0.15) is 16.4 Å². The molecule has 0 aromatic heterocycles. The molecular formula is C32H31N3O6S. The molecule has 216 valence electrons. The summed E-state index contributed by atoms with van der Waals surface area (Å²) in [5, 5.41) is 2.87. The van der Waals surface area contributed by atoms with Gasteiger partial charge in [0.25, 0.3) is 11.8 Å². The Morgan fingerprint density at radius 2 is 1.57 bits per heavy atom. The molecule has 1 aliphatic heterocycles. The molecule has 1 atom stereocenters. The Balaban J connectivity index is 1.36. The Morgan fingerprint density at radius 3 is 2.29 bits per heavy atom. The van der Waals surface area contributed by atoms with Crippen LogP contribution < -0.4 is 24.4 Å². The summed E-state index contributed by atoms with van der Waals surface area (Å²) in [6.45, 7) is 0.427. The number of methoxy groups -OCH3 is 1. The first kappa shape index (κ1) is 28.8. The third-order valence-electron chi connectivity index (χ3n) is 6.87. The highest BCUT2D eigenvalue weighted by atomic mass is 32.2. The molecule has 2 N–H and O–H groups in total. The first-order chi connectivity index (χ1) is 20.4. The number of carbonyl (C=O) groups is 2. The largest absolute Gasteiger partial charge is 0.495 e. The van der Waals surface area contributed by atoms with Crippen molar-refractivity contribution in [1.82, 2.24) is 10.0 Å². The molecule has 42 heavy (non-hydrogen) atoms. The van der Waals surface area contributed by atoms with Gasteiger partial charge in [-0.25, -0.2) is 13.1 Å². The monoisotopic (exact) mass is 585 g/mol. The Labute approximate surface area is 245 Å². The highest BCUT2D eigenvalue weighted by molar-refractivity contribution is 7.89. The second-order valence-corrected chi connectivity index (χ2v) is 11.4. The van der Waals surface area contributed by atoms with E-state index in [2.05, 4.69) is 10.0 Å². The van der Waals surface area contributed by atoms with Crippen LogP contribution in [0.15, 0.2) is 108 Å². The molecule has 0 unspecified atom stereocenters. The van der Waals surface area contributed by atoms with Crippen LogP contribution in [-0.4, -0.2) is 46.5 Å². The van der Waals surface area contributed by atoms with Crippen molar-refractivity contribution in [2.24, 2.45) is 0 Å². The zero-order valence-corrected chi connectivity index (χ0v) is 23.8. The summed E-state index contributed by atoms with van der Waals surface area (Å²) in [6.07, 6.45) is -0.465. The number of ether oxygens (including phenoxy) is 2.